The highest BCUT2D eigenvalue weighted by Crippen LogP contribution is 2.23. The Bertz CT molecular complexity index is 931. The summed E-state index contributed by atoms with van der Waals surface area (Å²) in [6.07, 6.45) is 3.75. The van der Waals surface area contributed by atoms with Crippen LogP contribution in [-0.2, 0) is 16.0 Å². The fourth-order valence-corrected chi connectivity index (χ4v) is 3.36. The van der Waals surface area contributed by atoms with Crippen LogP contribution < -0.4 is 5.32 Å². The zero-order valence-electron chi connectivity index (χ0n) is 18.2. The average Bonchev–Trinajstić information content (AvgIpc) is 3.17. The van der Waals surface area contributed by atoms with Gasteiger partial charge in [-0.05, 0) is 62.1 Å². The van der Waals surface area contributed by atoms with Crippen LogP contribution in [0.15, 0.2) is 65.3 Å². The number of hydrogen-bond acceptors (Lipinski definition) is 4. The summed E-state index contributed by atoms with van der Waals surface area (Å²) in [6.45, 7) is 5.99. The number of benzene rings is 2. The van der Waals surface area contributed by atoms with Crippen molar-refractivity contribution in [1.29, 1.82) is 0 Å². The van der Waals surface area contributed by atoms with Crippen molar-refractivity contribution in [1.82, 2.24) is 5.32 Å². The Morgan fingerprint density at radius 1 is 1.19 bits per heavy atom. The second-order valence-electron chi connectivity index (χ2n) is 8.57. The highest BCUT2D eigenvalue weighted by Gasteiger charge is 2.24. The summed E-state index contributed by atoms with van der Waals surface area (Å²) in [6, 6.07) is 18.0. The molecule has 0 bridgehead atoms. The van der Waals surface area contributed by atoms with Gasteiger partial charge in [0.2, 0.25) is 0 Å². The van der Waals surface area contributed by atoms with E-state index in [1.807, 2.05) is 63.2 Å². The quantitative estimate of drug-likeness (QED) is 0.572. The molecule has 3 rings (SSSR count). The third-order valence-electron chi connectivity index (χ3n) is 4.69. The van der Waals surface area contributed by atoms with E-state index in [1.54, 1.807) is 0 Å². The van der Waals surface area contributed by atoms with Gasteiger partial charge in [-0.3, -0.25) is 0 Å². The SMILES string of the molecule is CC(C)(C)OC(=O)NCCC1CC(C(=Cc2ccc(Cl)cc2)Cc2ccccc2)=NO1. The van der Waals surface area contributed by atoms with Crippen LogP contribution in [0.4, 0.5) is 4.79 Å². The molecule has 1 aliphatic rings. The van der Waals surface area contributed by atoms with Crippen molar-refractivity contribution >= 4 is 29.5 Å². The largest absolute Gasteiger partial charge is 0.444 e. The van der Waals surface area contributed by atoms with E-state index in [0.717, 1.165) is 23.3 Å². The molecule has 0 saturated heterocycles. The van der Waals surface area contributed by atoms with Crippen LogP contribution in [0.25, 0.3) is 6.08 Å². The minimum Gasteiger partial charge on any atom is -0.444 e. The Morgan fingerprint density at radius 2 is 1.90 bits per heavy atom. The summed E-state index contributed by atoms with van der Waals surface area (Å²) in [4.78, 5) is 17.5. The summed E-state index contributed by atoms with van der Waals surface area (Å²) in [5.41, 5.74) is 3.80. The Morgan fingerprint density at radius 3 is 2.58 bits per heavy atom. The van der Waals surface area contributed by atoms with Crippen molar-refractivity contribution in [3.8, 4) is 0 Å². The molecule has 0 spiro atoms. The standard InChI is InChI=1S/C25H29ClN2O3/c1-25(2,3)30-24(29)27-14-13-22-17-23(28-31-22)20(15-18-7-5-4-6-8-18)16-19-9-11-21(26)12-10-19/h4-12,16,22H,13-15,17H2,1-3H3,(H,27,29). The summed E-state index contributed by atoms with van der Waals surface area (Å²) in [7, 11) is 0. The van der Waals surface area contributed by atoms with E-state index in [0.29, 0.717) is 24.4 Å². The van der Waals surface area contributed by atoms with E-state index in [9.17, 15) is 4.79 Å². The Labute approximate surface area is 189 Å². The zero-order chi connectivity index (χ0) is 22.3. The molecule has 0 aromatic heterocycles. The van der Waals surface area contributed by atoms with Gasteiger partial charge in [-0.25, -0.2) is 4.79 Å². The fraction of sp³-hybridized carbons (Fsp3) is 0.360. The van der Waals surface area contributed by atoms with Crippen LogP contribution in [0.3, 0.4) is 0 Å². The molecular formula is C25H29ClN2O3. The maximum Gasteiger partial charge on any atom is 0.407 e. The number of carbonyl (C=O) groups excluding carboxylic acids is 1. The number of rotatable bonds is 7. The lowest BCUT2D eigenvalue weighted by Crippen LogP contribution is -2.34. The number of alkyl carbamates (subject to hydrolysis) is 1. The van der Waals surface area contributed by atoms with E-state index in [2.05, 4.69) is 28.7 Å². The average molecular weight is 441 g/mol. The summed E-state index contributed by atoms with van der Waals surface area (Å²) >= 11 is 6.03. The number of carbonyl (C=O) groups is 1. The number of amides is 1. The van der Waals surface area contributed by atoms with Crippen LogP contribution in [0.5, 0.6) is 0 Å². The normalized spacial score (nSPS) is 16.5. The number of nitrogens with zero attached hydrogens (tertiary/aromatic N) is 1. The first-order valence-electron chi connectivity index (χ1n) is 10.5. The summed E-state index contributed by atoms with van der Waals surface area (Å²) in [5.74, 6) is 0. The molecule has 1 atom stereocenters. The van der Waals surface area contributed by atoms with Gasteiger partial charge in [0, 0.05) is 24.4 Å². The molecule has 2 aromatic rings. The first-order valence-corrected chi connectivity index (χ1v) is 10.9. The first-order chi connectivity index (χ1) is 14.8. The van der Waals surface area contributed by atoms with Gasteiger partial charge in [-0.15, -0.1) is 0 Å². The van der Waals surface area contributed by atoms with Gasteiger partial charge in [0.1, 0.15) is 11.7 Å². The number of ether oxygens (including phenoxy) is 1. The monoisotopic (exact) mass is 440 g/mol. The van der Waals surface area contributed by atoms with E-state index >= 15 is 0 Å². The third kappa shape index (κ3) is 7.76. The van der Waals surface area contributed by atoms with Crippen LogP contribution in [0.1, 0.15) is 44.7 Å². The minimum atomic E-state index is -0.511. The van der Waals surface area contributed by atoms with Crippen molar-refractivity contribution in [2.24, 2.45) is 5.16 Å². The summed E-state index contributed by atoms with van der Waals surface area (Å²) < 4.78 is 5.26. The molecule has 1 aliphatic heterocycles. The maximum atomic E-state index is 11.8. The van der Waals surface area contributed by atoms with Gasteiger partial charge < -0.3 is 14.9 Å². The number of nitrogens with one attached hydrogen (secondary N) is 1. The molecule has 0 saturated carbocycles. The van der Waals surface area contributed by atoms with Gasteiger partial charge in [0.15, 0.2) is 0 Å². The second kappa shape index (κ2) is 10.5. The van der Waals surface area contributed by atoms with E-state index in [4.69, 9.17) is 21.2 Å². The molecule has 1 N–H and O–H groups in total. The van der Waals surface area contributed by atoms with Gasteiger partial charge >= 0.3 is 6.09 Å². The van der Waals surface area contributed by atoms with Crippen LogP contribution in [-0.4, -0.2) is 30.1 Å². The molecule has 1 unspecified atom stereocenters. The molecule has 2 aromatic carbocycles. The maximum absolute atomic E-state index is 11.8. The molecule has 6 heteroatoms. The van der Waals surface area contributed by atoms with Gasteiger partial charge in [0.05, 0.1) is 5.71 Å². The highest BCUT2D eigenvalue weighted by atomic mass is 35.5. The van der Waals surface area contributed by atoms with E-state index in [1.165, 1.54) is 5.56 Å². The van der Waals surface area contributed by atoms with Crippen molar-refractivity contribution in [2.45, 2.75) is 51.7 Å². The summed E-state index contributed by atoms with van der Waals surface area (Å²) in [5, 5.41) is 7.85. The Hall–Kier alpha value is -2.79. The Kier molecular flexibility index (Phi) is 7.75. The van der Waals surface area contributed by atoms with Gasteiger partial charge in [-0.2, -0.15) is 0 Å². The number of oxime groups is 1. The zero-order valence-corrected chi connectivity index (χ0v) is 19.0. The molecular weight excluding hydrogens is 412 g/mol. The minimum absolute atomic E-state index is 0.0747. The number of halogens is 1. The molecule has 1 amide bonds. The van der Waals surface area contributed by atoms with Crippen LogP contribution >= 0.6 is 11.6 Å². The third-order valence-corrected chi connectivity index (χ3v) is 4.94. The fourth-order valence-electron chi connectivity index (χ4n) is 3.23. The molecule has 1 heterocycles. The van der Waals surface area contributed by atoms with Crippen molar-refractivity contribution in [3.05, 3.63) is 76.3 Å². The van der Waals surface area contributed by atoms with Crippen molar-refractivity contribution in [2.75, 3.05) is 6.54 Å². The van der Waals surface area contributed by atoms with Crippen molar-refractivity contribution < 1.29 is 14.4 Å². The topological polar surface area (TPSA) is 59.9 Å². The van der Waals surface area contributed by atoms with E-state index < -0.39 is 11.7 Å². The van der Waals surface area contributed by atoms with Gasteiger partial charge in [0.25, 0.3) is 0 Å². The lowest BCUT2D eigenvalue weighted by atomic mass is 9.95. The Balaban J connectivity index is 1.62. The van der Waals surface area contributed by atoms with Gasteiger partial charge in [-0.1, -0.05) is 59.2 Å². The first kappa shape index (κ1) is 22.9. The second-order valence-corrected chi connectivity index (χ2v) is 9.01. The lowest BCUT2D eigenvalue weighted by molar-refractivity contribution is 0.0496. The number of hydrogen-bond donors (Lipinski definition) is 1. The highest BCUT2D eigenvalue weighted by molar-refractivity contribution is 6.30. The number of allylic oxidation sites excluding steroid dienone is 1. The molecule has 164 valence electrons. The van der Waals surface area contributed by atoms with Crippen LogP contribution in [0.2, 0.25) is 5.02 Å². The predicted molar refractivity (Wildman–Crippen MR) is 125 cm³/mol. The molecule has 0 aliphatic carbocycles. The van der Waals surface area contributed by atoms with Crippen molar-refractivity contribution in [3.63, 3.8) is 0 Å². The lowest BCUT2D eigenvalue weighted by Gasteiger charge is -2.19. The smallest absolute Gasteiger partial charge is 0.407 e. The predicted octanol–water partition coefficient (Wildman–Crippen LogP) is 6.03. The molecule has 0 fully saturated rings. The molecule has 31 heavy (non-hydrogen) atoms. The molecule has 0 radical (unpaired) electrons. The van der Waals surface area contributed by atoms with E-state index in [-0.39, 0.29) is 6.10 Å². The van der Waals surface area contributed by atoms with Crippen LogP contribution in [0, 0.1) is 0 Å². The molecule has 5 nitrogen and oxygen atoms in total.